The van der Waals surface area contributed by atoms with Crippen LogP contribution >= 0.6 is 0 Å². The maximum atomic E-state index is 9.09. The highest BCUT2D eigenvalue weighted by molar-refractivity contribution is 5.34. The van der Waals surface area contributed by atoms with E-state index in [-0.39, 0.29) is 0 Å². The fourth-order valence-corrected chi connectivity index (χ4v) is 3.47. The lowest BCUT2D eigenvalue weighted by Gasteiger charge is -2.34. The molecule has 0 bridgehead atoms. The van der Waals surface area contributed by atoms with Crippen LogP contribution in [0.25, 0.3) is 0 Å². The van der Waals surface area contributed by atoms with Gasteiger partial charge in [0.1, 0.15) is 0 Å². The predicted octanol–water partition coefficient (Wildman–Crippen LogP) is 3.08. The number of nitrogens with zero attached hydrogens (tertiary/aromatic N) is 2. The molecule has 1 aromatic rings. The number of piperidine rings is 1. The van der Waals surface area contributed by atoms with Crippen molar-refractivity contribution in [3.8, 4) is 6.07 Å². The van der Waals surface area contributed by atoms with Crippen molar-refractivity contribution in [2.45, 2.75) is 44.7 Å². The van der Waals surface area contributed by atoms with Gasteiger partial charge in [0.05, 0.1) is 11.6 Å². The van der Waals surface area contributed by atoms with E-state index in [9.17, 15) is 0 Å². The Morgan fingerprint density at radius 1 is 1.38 bits per heavy atom. The van der Waals surface area contributed by atoms with Gasteiger partial charge in [0.15, 0.2) is 0 Å². The van der Waals surface area contributed by atoms with E-state index in [4.69, 9.17) is 5.26 Å². The summed E-state index contributed by atoms with van der Waals surface area (Å²) in [6.07, 6.45) is 5.33. The van der Waals surface area contributed by atoms with Crippen LogP contribution in [0, 0.1) is 17.2 Å². The van der Waals surface area contributed by atoms with Crippen LogP contribution in [-0.4, -0.2) is 30.6 Å². The van der Waals surface area contributed by atoms with Crippen molar-refractivity contribution >= 4 is 0 Å². The molecule has 0 aromatic heterocycles. The van der Waals surface area contributed by atoms with Gasteiger partial charge in [0.25, 0.3) is 0 Å². The van der Waals surface area contributed by atoms with Crippen LogP contribution in [0.3, 0.4) is 0 Å². The highest BCUT2D eigenvalue weighted by Gasteiger charge is 2.34. The Morgan fingerprint density at radius 3 is 2.90 bits per heavy atom. The summed E-state index contributed by atoms with van der Waals surface area (Å²) < 4.78 is 0. The molecule has 21 heavy (non-hydrogen) atoms. The quantitative estimate of drug-likeness (QED) is 0.902. The topological polar surface area (TPSA) is 39.1 Å². The Morgan fingerprint density at radius 2 is 2.24 bits per heavy atom. The van der Waals surface area contributed by atoms with Crippen LogP contribution in [-0.2, 0) is 0 Å². The second kappa shape index (κ2) is 6.60. The molecule has 3 heteroatoms. The molecule has 3 nitrogen and oxygen atoms in total. The molecule has 2 fully saturated rings. The Kier molecular flexibility index (Phi) is 4.57. The van der Waals surface area contributed by atoms with Crippen molar-refractivity contribution in [1.82, 2.24) is 10.2 Å². The highest BCUT2D eigenvalue weighted by atomic mass is 15.2. The minimum absolute atomic E-state index is 0.410. The van der Waals surface area contributed by atoms with Crippen molar-refractivity contribution in [2.75, 3.05) is 19.6 Å². The molecule has 2 atom stereocenters. The first-order valence-electron chi connectivity index (χ1n) is 8.24. The Hall–Kier alpha value is -1.37. The standard InChI is InChI=1S/C18H25N3/c1-14(17-6-2-4-15(10-17)11-19)21(18-7-8-18)13-16-5-3-9-20-12-16/h2,4,6,10,14,16,18,20H,3,5,7-9,12-13H2,1H3. The second-order valence-electron chi connectivity index (χ2n) is 6.55. The third-order valence-corrected chi connectivity index (χ3v) is 4.88. The summed E-state index contributed by atoms with van der Waals surface area (Å²) in [4.78, 5) is 2.67. The Bertz CT molecular complexity index is 509. The molecule has 0 spiro atoms. The lowest BCUT2D eigenvalue weighted by molar-refractivity contribution is 0.154. The number of benzene rings is 1. The first-order chi connectivity index (χ1) is 10.3. The summed E-state index contributed by atoms with van der Waals surface area (Å²) in [7, 11) is 0. The molecule has 1 saturated heterocycles. The van der Waals surface area contributed by atoms with E-state index in [0.717, 1.165) is 24.1 Å². The third kappa shape index (κ3) is 3.64. The van der Waals surface area contributed by atoms with Crippen molar-refractivity contribution in [1.29, 1.82) is 5.26 Å². The van der Waals surface area contributed by atoms with Gasteiger partial charge in [-0.25, -0.2) is 0 Å². The molecule has 1 heterocycles. The van der Waals surface area contributed by atoms with Gasteiger partial charge >= 0.3 is 0 Å². The van der Waals surface area contributed by atoms with Crippen molar-refractivity contribution < 1.29 is 0 Å². The van der Waals surface area contributed by atoms with Crippen LogP contribution in [0.4, 0.5) is 0 Å². The Balaban J connectivity index is 1.71. The van der Waals surface area contributed by atoms with Gasteiger partial charge in [-0.2, -0.15) is 5.26 Å². The smallest absolute Gasteiger partial charge is 0.0991 e. The van der Waals surface area contributed by atoms with E-state index in [1.807, 2.05) is 12.1 Å². The van der Waals surface area contributed by atoms with Crippen molar-refractivity contribution in [3.63, 3.8) is 0 Å². The molecule has 2 aliphatic rings. The largest absolute Gasteiger partial charge is 0.316 e. The number of hydrogen-bond donors (Lipinski definition) is 1. The van der Waals surface area contributed by atoms with E-state index < -0.39 is 0 Å². The molecule has 0 amide bonds. The maximum Gasteiger partial charge on any atom is 0.0991 e. The molecule has 1 aromatic carbocycles. The van der Waals surface area contributed by atoms with Gasteiger partial charge in [-0.05, 0) is 69.3 Å². The van der Waals surface area contributed by atoms with E-state index in [1.54, 1.807) is 0 Å². The van der Waals surface area contributed by atoms with Crippen molar-refractivity contribution in [3.05, 3.63) is 35.4 Å². The van der Waals surface area contributed by atoms with Crippen LogP contribution < -0.4 is 5.32 Å². The molecule has 1 saturated carbocycles. The number of rotatable bonds is 5. The fraction of sp³-hybridized carbons (Fsp3) is 0.611. The van der Waals surface area contributed by atoms with E-state index >= 15 is 0 Å². The van der Waals surface area contributed by atoms with E-state index in [2.05, 4.69) is 35.3 Å². The highest BCUT2D eigenvalue weighted by Crippen LogP contribution is 2.35. The van der Waals surface area contributed by atoms with Gasteiger partial charge in [-0.1, -0.05) is 12.1 Å². The number of nitrogens with one attached hydrogen (secondary N) is 1. The maximum absolute atomic E-state index is 9.09. The summed E-state index contributed by atoms with van der Waals surface area (Å²) >= 11 is 0. The minimum Gasteiger partial charge on any atom is -0.316 e. The van der Waals surface area contributed by atoms with Gasteiger partial charge in [-0.15, -0.1) is 0 Å². The van der Waals surface area contributed by atoms with Crippen molar-refractivity contribution in [2.24, 2.45) is 5.92 Å². The normalized spacial score (nSPS) is 23.8. The summed E-state index contributed by atoms with van der Waals surface area (Å²) in [6.45, 7) is 5.83. The molecule has 1 aliphatic heterocycles. The van der Waals surface area contributed by atoms with Gasteiger partial charge in [0, 0.05) is 18.6 Å². The van der Waals surface area contributed by atoms with Gasteiger partial charge in [0.2, 0.25) is 0 Å². The molecular weight excluding hydrogens is 258 g/mol. The van der Waals surface area contributed by atoms with Crippen LogP contribution in [0.15, 0.2) is 24.3 Å². The molecule has 112 valence electrons. The molecule has 1 N–H and O–H groups in total. The first kappa shape index (κ1) is 14.6. The number of hydrogen-bond acceptors (Lipinski definition) is 3. The lowest BCUT2D eigenvalue weighted by Crippen LogP contribution is -2.40. The van der Waals surface area contributed by atoms with E-state index in [1.165, 1.54) is 44.3 Å². The summed E-state index contributed by atoms with van der Waals surface area (Å²) in [5.41, 5.74) is 2.05. The molecule has 0 radical (unpaired) electrons. The first-order valence-corrected chi connectivity index (χ1v) is 8.24. The zero-order chi connectivity index (χ0) is 14.7. The number of nitriles is 1. The zero-order valence-corrected chi connectivity index (χ0v) is 12.9. The predicted molar refractivity (Wildman–Crippen MR) is 84.9 cm³/mol. The van der Waals surface area contributed by atoms with Crippen LogP contribution in [0.1, 0.15) is 49.8 Å². The fourth-order valence-electron chi connectivity index (χ4n) is 3.47. The average molecular weight is 283 g/mol. The second-order valence-corrected chi connectivity index (χ2v) is 6.55. The monoisotopic (exact) mass is 283 g/mol. The molecule has 1 aliphatic carbocycles. The molecule has 3 rings (SSSR count). The summed E-state index contributed by atoms with van der Waals surface area (Å²) in [5, 5.41) is 12.6. The lowest BCUT2D eigenvalue weighted by atomic mass is 9.97. The van der Waals surface area contributed by atoms with Crippen LogP contribution in [0.5, 0.6) is 0 Å². The summed E-state index contributed by atoms with van der Waals surface area (Å²) in [5.74, 6) is 0.779. The average Bonchev–Trinajstić information content (AvgIpc) is 3.38. The SMILES string of the molecule is CC(c1cccc(C#N)c1)N(CC1CCCNC1)C1CC1. The van der Waals surface area contributed by atoms with Crippen LogP contribution in [0.2, 0.25) is 0 Å². The van der Waals surface area contributed by atoms with Gasteiger partial charge in [-0.3, -0.25) is 4.90 Å². The minimum atomic E-state index is 0.410. The molecular formula is C18H25N3. The van der Waals surface area contributed by atoms with Gasteiger partial charge < -0.3 is 5.32 Å². The Labute approximate surface area is 128 Å². The zero-order valence-electron chi connectivity index (χ0n) is 12.9. The summed E-state index contributed by atoms with van der Waals surface area (Å²) in [6, 6.07) is 11.6. The third-order valence-electron chi connectivity index (χ3n) is 4.88. The van der Waals surface area contributed by atoms with E-state index in [0.29, 0.717) is 6.04 Å². The molecule has 2 unspecified atom stereocenters.